The fourth-order valence-corrected chi connectivity index (χ4v) is 6.18. The van der Waals surface area contributed by atoms with Crippen molar-refractivity contribution < 1.29 is 83.2 Å². The van der Waals surface area contributed by atoms with E-state index in [0.29, 0.717) is 5.56 Å². The number of benzene rings is 3. The van der Waals surface area contributed by atoms with Crippen molar-refractivity contribution in [2.45, 2.75) is 68.3 Å². The van der Waals surface area contributed by atoms with Gasteiger partial charge < -0.3 is 78.4 Å². The summed E-state index contributed by atoms with van der Waals surface area (Å²) in [5.74, 6) is -2.09. The highest BCUT2D eigenvalue weighted by atomic mass is 16.7. The average molecular weight is 785 g/mol. The molecule has 0 saturated carbocycles. The zero-order chi connectivity index (χ0) is 40.4. The van der Waals surface area contributed by atoms with Crippen molar-refractivity contribution in [3.8, 4) is 57.1 Å². The summed E-state index contributed by atoms with van der Waals surface area (Å²) in [5, 5.41) is 84.7. The molecule has 4 aliphatic rings. The zero-order valence-corrected chi connectivity index (χ0v) is 30.0. The van der Waals surface area contributed by atoms with E-state index in [1.165, 1.54) is 57.6 Å². The molecule has 2 aromatic carbocycles. The van der Waals surface area contributed by atoms with Gasteiger partial charge in [-0.25, -0.2) is 4.79 Å². The van der Waals surface area contributed by atoms with Crippen LogP contribution < -0.4 is 19.6 Å². The van der Waals surface area contributed by atoms with E-state index in [9.17, 15) is 50.4 Å². The molecule has 1 aliphatic carbocycles. The number of phenolic OH excluding ortho intramolecular Hbond substituents is 3. The lowest BCUT2D eigenvalue weighted by atomic mass is 9.98. The number of hydrogen-bond donors (Lipinski definition) is 8. The van der Waals surface area contributed by atoms with Crippen LogP contribution in [0, 0.1) is 0 Å². The number of fused-ring (bicyclic) bond motifs is 1. The number of aliphatic hydroxyl groups excluding tert-OH is 5. The molecule has 56 heavy (non-hydrogen) atoms. The molecule has 3 aliphatic heterocycles. The van der Waals surface area contributed by atoms with E-state index >= 15 is 0 Å². The van der Waals surface area contributed by atoms with Gasteiger partial charge in [0.15, 0.2) is 40.8 Å². The maximum Gasteiger partial charge on any atom is 0.331 e. The molecule has 18 nitrogen and oxygen atoms in total. The Morgan fingerprint density at radius 2 is 1.45 bits per heavy atom. The summed E-state index contributed by atoms with van der Waals surface area (Å²) >= 11 is 0. The van der Waals surface area contributed by atoms with Crippen LogP contribution in [-0.4, -0.2) is 129 Å². The number of ether oxygens (including phenoxy) is 7. The molecule has 6 rings (SSSR count). The summed E-state index contributed by atoms with van der Waals surface area (Å²) in [5.41, 5.74) is 0.197. The Morgan fingerprint density at radius 1 is 0.786 bits per heavy atom. The summed E-state index contributed by atoms with van der Waals surface area (Å²) in [7, 11) is 2.59. The standard InChI is InChI=1S/C38H40O18/c1-16-35(56-28(42)9-6-17-4-7-19(39)8-5-17)32(46)34(48)37(52-16)51-15-27-30(44)31(45)33(47)38(55-27)54-26-14-21-22(41)12-20(40)13-23(21)53-36(26)18-10-24(49-2)29(43)25(11-18)50-3/h4-14,16,27,30-35,37-39,41,43-48H,15H2,1-3H3/t16-,27+,30+,31-,32-,33+,34+,35-,37+,38+/m0/s1. The maximum atomic E-state index is 12.5. The first-order chi connectivity index (χ1) is 26.7. The highest BCUT2D eigenvalue weighted by molar-refractivity contribution is 5.87. The molecule has 0 radical (unpaired) electrons. The van der Waals surface area contributed by atoms with Gasteiger partial charge in [-0.15, -0.1) is 0 Å². The minimum Gasteiger partial charge on any atom is -0.508 e. The molecule has 8 N–H and O–H groups in total. The molecule has 0 amide bonds. The second-order valence-electron chi connectivity index (χ2n) is 13.0. The summed E-state index contributed by atoms with van der Waals surface area (Å²) in [6.45, 7) is 0.865. The highest BCUT2D eigenvalue weighted by Crippen LogP contribution is 2.46. The molecular weight excluding hydrogens is 744 g/mol. The molecule has 0 bridgehead atoms. The number of aromatic hydroxyl groups is 3. The number of esters is 1. The van der Waals surface area contributed by atoms with Crippen LogP contribution in [0.15, 0.2) is 69.9 Å². The van der Waals surface area contributed by atoms with Crippen LogP contribution >= 0.6 is 0 Å². The molecule has 0 unspecified atom stereocenters. The predicted molar refractivity (Wildman–Crippen MR) is 190 cm³/mol. The maximum absolute atomic E-state index is 12.5. The molecular formula is C38H40O18. The van der Waals surface area contributed by atoms with Crippen molar-refractivity contribution in [2.24, 2.45) is 0 Å². The SMILES string of the molecule is COc1cc(-c2oc3cc(=O)cc(O)c-3cc2O[C@@H]2O[C@H](CO[C@@H]3O[C@@H](C)[C@H](OC(=O)C=Cc4ccc(O)cc4)[C@@H](O)[C@H]3O)[C@@H](O)[C@H](O)[C@H]2O)cc(OC)c1O. The van der Waals surface area contributed by atoms with Gasteiger partial charge in [-0.2, -0.15) is 0 Å². The predicted octanol–water partition coefficient (Wildman–Crippen LogP) is 0.840. The monoisotopic (exact) mass is 784 g/mol. The second kappa shape index (κ2) is 16.7. The van der Waals surface area contributed by atoms with Gasteiger partial charge >= 0.3 is 5.97 Å². The van der Waals surface area contributed by atoms with Gasteiger partial charge in [-0.05, 0) is 48.9 Å². The van der Waals surface area contributed by atoms with Gasteiger partial charge in [0, 0.05) is 23.8 Å². The lowest BCUT2D eigenvalue weighted by Crippen LogP contribution is -2.62. The van der Waals surface area contributed by atoms with Crippen molar-refractivity contribution in [1.29, 1.82) is 0 Å². The number of hydrogen-bond acceptors (Lipinski definition) is 18. The lowest BCUT2D eigenvalue weighted by molar-refractivity contribution is -0.319. The Kier molecular flexibility index (Phi) is 12.0. The summed E-state index contributed by atoms with van der Waals surface area (Å²) < 4.78 is 45.0. The largest absolute Gasteiger partial charge is 0.508 e. The minimum absolute atomic E-state index is 0.0142. The van der Waals surface area contributed by atoms with Crippen LogP contribution in [0.4, 0.5) is 0 Å². The van der Waals surface area contributed by atoms with Crippen molar-refractivity contribution in [1.82, 2.24) is 0 Å². The number of phenols is 3. The molecule has 0 aromatic heterocycles. The van der Waals surface area contributed by atoms with Crippen LogP contribution in [0.5, 0.6) is 34.5 Å². The first-order valence-corrected chi connectivity index (χ1v) is 17.1. The number of aliphatic hydroxyl groups is 5. The third kappa shape index (κ3) is 8.37. The molecule has 18 heteroatoms. The van der Waals surface area contributed by atoms with E-state index in [2.05, 4.69) is 0 Å². The fraction of sp³-hybridized carbons (Fsp3) is 0.368. The van der Waals surface area contributed by atoms with Crippen LogP contribution in [0.1, 0.15) is 12.5 Å². The van der Waals surface area contributed by atoms with Gasteiger partial charge in [0.1, 0.15) is 53.9 Å². The third-order valence-corrected chi connectivity index (χ3v) is 9.22. The Morgan fingerprint density at radius 3 is 2.11 bits per heavy atom. The molecule has 300 valence electrons. The first kappa shape index (κ1) is 40.2. The number of methoxy groups -OCH3 is 2. The summed E-state index contributed by atoms with van der Waals surface area (Å²) in [6.07, 6.45) is -13.5. The van der Waals surface area contributed by atoms with Gasteiger partial charge in [-0.3, -0.25) is 4.79 Å². The topological polar surface area (TPSA) is 274 Å². The molecule has 3 heterocycles. The van der Waals surface area contributed by atoms with Gasteiger partial charge in [0.05, 0.1) is 32.5 Å². The first-order valence-electron chi connectivity index (χ1n) is 17.1. The van der Waals surface area contributed by atoms with Crippen LogP contribution in [0.3, 0.4) is 0 Å². The van der Waals surface area contributed by atoms with Gasteiger partial charge in [0.2, 0.25) is 12.0 Å². The summed E-state index contributed by atoms with van der Waals surface area (Å²) in [4.78, 5) is 24.7. The normalized spacial score (nSPS) is 27.9. The van der Waals surface area contributed by atoms with Gasteiger partial charge in [-0.1, -0.05) is 12.1 Å². The Balaban J connectivity index is 1.19. The van der Waals surface area contributed by atoms with Crippen LogP contribution in [0.25, 0.3) is 28.7 Å². The average Bonchev–Trinajstić information content (AvgIpc) is 3.17. The van der Waals surface area contributed by atoms with E-state index in [-0.39, 0.29) is 51.4 Å². The zero-order valence-electron chi connectivity index (χ0n) is 30.0. The smallest absolute Gasteiger partial charge is 0.331 e. The quantitative estimate of drug-likeness (QED) is 0.0773. The van der Waals surface area contributed by atoms with E-state index in [1.807, 2.05) is 0 Å². The van der Waals surface area contributed by atoms with Crippen molar-refractivity contribution >= 4 is 12.0 Å². The third-order valence-electron chi connectivity index (χ3n) is 9.22. The van der Waals surface area contributed by atoms with Crippen molar-refractivity contribution in [3.63, 3.8) is 0 Å². The van der Waals surface area contributed by atoms with E-state index in [1.54, 1.807) is 12.1 Å². The molecule has 2 saturated heterocycles. The van der Waals surface area contributed by atoms with Crippen molar-refractivity contribution in [3.05, 3.63) is 76.5 Å². The van der Waals surface area contributed by atoms with Gasteiger partial charge in [0.25, 0.3) is 0 Å². The molecule has 2 aromatic rings. The summed E-state index contributed by atoms with van der Waals surface area (Å²) in [6, 6.07) is 12.0. The Labute approximate surface area is 317 Å². The highest BCUT2D eigenvalue weighted by Gasteiger charge is 2.48. The number of carbonyl (C=O) groups is 1. The lowest BCUT2D eigenvalue weighted by Gasteiger charge is -2.43. The second-order valence-corrected chi connectivity index (χ2v) is 13.0. The molecule has 10 atom stereocenters. The Hall–Kier alpha value is -5.44. The van der Waals surface area contributed by atoms with E-state index < -0.39 is 85.2 Å². The molecule has 0 spiro atoms. The minimum atomic E-state index is -1.89. The number of rotatable bonds is 11. The van der Waals surface area contributed by atoms with Crippen molar-refractivity contribution in [2.75, 3.05) is 20.8 Å². The van der Waals surface area contributed by atoms with Crippen LogP contribution in [0.2, 0.25) is 0 Å². The molecule has 2 fully saturated rings. The van der Waals surface area contributed by atoms with Crippen LogP contribution in [-0.2, 0) is 23.7 Å². The van der Waals surface area contributed by atoms with E-state index in [4.69, 9.17) is 37.6 Å². The Bertz CT molecular complexity index is 2040. The van der Waals surface area contributed by atoms with E-state index in [0.717, 1.165) is 18.2 Å². The number of carbonyl (C=O) groups excluding carboxylic acids is 1. The fourth-order valence-electron chi connectivity index (χ4n) is 6.18.